The number of carbonyl (C=O) groups is 1. The number of rotatable bonds is 9. The summed E-state index contributed by atoms with van der Waals surface area (Å²) in [5.74, 6) is 0.766. The number of sulfonamides is 1. The maximum absolute atomic E-state index is 13.9. The molecule has 0 unspecified atom stereocenters. The molecule has 0 aromatic heterocycles. The van der Waals surface area contributed by atoms with E-state index in [1.807, 2.05) is 24.3 Å². The van der Waals surface area contributed by atoms with Crippen molar-refractivity contribution in [2.24, 2.45) is 29.1 Å². The Morgan fingerprint density at radius 1 is 1.14 bits per heavy atom. The van der Waals surface area contributed by atoms with Gasteiger partial charge in [0.15, 0.2) is 0 Å². The van der Waals surface area contributed by atoms with E-state index in [1.54, 1.807) is 36.3 Å². The van der Waals surface area contributed by atoms with Gasteiger partial charge < -0.3 is 15.5 Å². The standard InChI is InChI=1S/C32H45N3O6S/c1-19-26-15-24(32(26,3)4)16-27(19)33-31(38)30-29(20(2)37)28(18-36)41-35(30)17-21-8-7-9-23(14-21)22-10-12-25(13-11-22)42(39,40)34(5)6/h7-14,19-20,24,26-30,36-37H,15-18H2,1-6H3,(H,33,38)/t19-,20-,24-,26+,27-,28-,29+,30-/m0/s1. The SMILES string of the molecule is C[C@@H]1[C@@H](NC(=O)[C@@H]2[C@H]([C@H](C)O)[C@H](CO)ON2Cc2cccc(-c3ccc(S(=O)(=O)N(C)C)cc3)c2)C[C@@H]2C[C@H]1C2(C)C. The van der Waals surface area contributed by atoms with Crippen LogP contribution in [0.3, 0.4) is 0 Å². The third-order valence-electron chi connectivity index (χ3n) is 10.3. The summed E-state index contributed by atoms with van der Waals surface area (Å²) in [6, 6.07) is 13.8. The van der Waals surface area contributed by atoms with E-state index < -0.39 is 34.2 Å². The fourth-order valence-electron chi connectivity index (χ4n) is 7.54. The number of hydrogen-bond acceptors (Lipinski definition) is 7. The molecule has 1 saturated heterocycles. The number of hydrogen-bond donors (Lipinski definition) is 3. The van der Waals surface area contributed by atoms with Crippen molar-refractivity contribution in [3.63, 3.8) is 0 Å². The molecule has 2 aromatic rings. The predicted octanol–water partition coefficient (Wildman–Crippen LogP) is 3.26. The minimum Gasteiger partial charge on any atom is -0.394 e. The first-order chi connectivity index (χ1) is 19.7. The monoisotopic (exact) mass is 599 g/mol. The largest absolute Gasteiger partial charge is 0.394 e. The second kappa shape index (κ2) is 11.6. The molecule has 4 fully saturated rings. The number of nitrogens with one attached hydrogen (secondary N) is 1. The lowest BCUT2D eigenvalue weighted by molar-refractivity contribution is -0.183. The summed E-state index contributed by atoms with van der Waals surface area (Å²) in [6.07, 6.45) is 0.601. The van der Waals surface area contributed by atoms with Gasteiger partial charge in [-0.3, -0.25) is 9.63 Å². The lowest BCUT2D eigenvalue weighted by Crippen LogP contribution is -2.62. The molecule has 230 valence electrons. The topological polar surface area (TPSA) is 119 Å². The third kappa shape index (κ3) is 5.53. The minimum absolute atomic E-state index is 0.0709. The van der Waals surface area contributed by atoms with Crippen LogP contribution in [-0.4, -0.2) is 78.9 Å². The molecular formula is C32H45N3O6S. The zero-order valence-corrected chi connectivity index (χ0v) is 26.2. The van der Waals surface area contributed by atoms with E-state index in [2.05, 4.69) is 26.1 Å². The van der Waals surface area contributed by atoms with Gasteiger partial charge in [0.05, 0.1) is 24.2 Å². The fourth-order valence-corrected chi connectivity index (χ4v) is 8.45. The highest BCUT2D eigenvalue weighted by atomic mass is 32.2. The Labute approximate surface area is 249 Å². The normalized spacial score (nSPS) is 31.5. The summed E-state index contributed by atoms with van der Waals surface area (Å²) in [5.41, 5.74) is 2.94. The van der Waals surface area contributed by atoms with Crippen LogP contribution in [0.1, 0.15) is 46.1 Å². The van der Waals surface area contributed by atoms with Crippen LogP contribution in [0.2, 0.25) is 0 Å². The molecule has 2 aromatic carbocycles. The zero-order chi connectivity index (χ0) is 30.6. The molecule has 6 rings (SSSR count). The molecular weight excluding hydrogens is 554 g/mol. The van der Waals surface area contributed by atoms with E-state index in [9.17, 15) is 23.4 Å². The number of hydroxylamine groups is 2. The van der Waals surface area contributed by atoms with Crippen molar-refractivity contribution in [2.45, 2.75) is 76.3 Å². The van der Waals surface area contributed by atoms with Gasteiger partial charge in [-0.2, -0.15) is 5.06 Å². The Morgan fingerprint density at radius 3 is 2.40 bits per heavy atom. The smallest absolute Gasteiger partial charge is 0.242 e. The van der Waals surface area contributed by atoms with Gasteiger partial charge in [-0.1, -0.05) is 51.1 Å². The number of nitrogens with zero attached hydrogens (tertiary/aromatic N) is 2. The summed E-state index contributed by atoms with van der Waals surface area (Å²) in [5, 5.41) is 25.7. The van der Waals surface area contributed by atoms with E-state index in [0.29, 0.717) is 23.2 Å². The average molecular weight is 600 g/mol. The van der Waals surface area contributed by atoms with Crippen LogP contribution in [0.5, 0.6) is 0 Å². The molecule has 3 aliphatic carbocycles. The van der Waals surface area contributed by atoms with Gasteiger partial charge in [-0.05, 0) is 77.8 Å². The van der Waals surface area contributed by atoms with E-state index >= 15 is 0 Å². The van der Waals surface area contributed by atoms with E-state index in [1.165, 1.54) is 24.8 Å². The van der Waals surface area contributed by atoms with Crippen LogP contribution in [0.25, 0.3) is 11.1 Å². The molecule has 1 aliphatic heterocycles. The van der Waals surface area contributed by atoms with Gasteiger partial charge in [-0.25, -0.2) is 12.7 Å². The molecule has 42 heavy (non-hydrogen) atoms. The Morgan fingerprint density at radius 2 is 1.83 bits per heavy atom. The quantitative estimate of drug-likeness (QED) is 0.405. The lowest BCUT2D eigenvalue weighted by Gasteiger charge is -2.62. The molecule has 3 saturated carbocycles. The molecule has 4 aliphatic rings. The van der Waals surface area contributed by atoms with Gasteiger partial charge in [0, 0.05) is 26.1 Å². The van der Waals surface area contributed by atoms with E-state index in [-0.39, 0.29) is 30.0 Å². The molecule has 9 nitrogen and oxygen atoms in total. The molecule has 1 amide bonds. The maximum Gasteiger partial charge on any atom is 0.242 e. The average Bonchev–Trinajstić information content (AvgIpc) is 3.32. The number of benzene rings is 2. The van der Waals surface area contributed by atoms with Crippen molar-refractivity contribution in [1.29, 1.82) is 0 Å². The molecule has 8 atom stereocenters. The Kier molecular flexibility index (Phi) is 8.61. The highest BCUT2D eigenvalue weighted by molar-refractivity contribution is 7.89. The van der Waals surface area contributed by atoms with Gasteiger partial charge in [-0.15, -0.1) is 0 Å². The molecule has 0 radical (unpaired) electrons. The molecule has 0 spiro atoms. The summed E-state index contributed by atoms with van der Waals surface area (Å²) in [7, 11) is -0.518. The number of amides is 1. The van der Waals surface area contributed by atoms with Gasteiger partial charge in [0.2, 0.25) is 15.9 Å². The molecule has 2 bridgehead atoms. The number of fused-ring (bicyclic) bond motifs is 2. The van der Waals surface area contributed by atoms with Crippen LogP contribution in [0, 0.1) is 29.1 Å². The molecule has 3 N–H and O–H groups in total. The Bertz CT molecular complexity index is 1390. The highest BCUT2D eigenvalue weighted by Crippen LogP contribution is 2.61. The first kappa shape index (κ1) is 31.1. The van der Waals surface area contributed by atoms with E-state index in [4.69, 9.17) is 4.84 Å². The molecule has 10 heteroatoms. The van der Waals surface area contributed by atoms with Crippen molar-refractivity contribution in [1.82, 2.24) is 14.7 Å². The number of carbonyl (C=O) groups excluding carboxylic acids is 1. The fraction of sp³-hybridized carbons (Fsp3) is 0.594. The van der Waals surface area contributed by atoms with Crippen LogP contribution in [-0.2, 0) is 26.2 Å². The van der Waals surface area contributed by atoms with E-state index in [0.717, 1.165) is 23.1 Å². The van der Waals surface area contributed by atoms with Crippen molar-refractivity contribution in [3.8, 4) is 11.1 Å². The van der Waals surface area contributed by atoms with Gasteiger partial charge in [0.1, 0.15) is 12.1 Å². The van der Waals surface area contributed by atoms with Crippen LogP contribution in [0.4, 0.5) is 0 Å². The summed E-state index contributed by atoms with van der Waals surface area (Å²) in [6.45, 7) is 8.49. The molecule has 1 heterocycles. The second-order valence-corrected chi connectivity index (χ2v) is 15.4. The number of aliphatic hydroxyl groups excluding tert-OH is 2. The van der Waals surface area contributed by atoms with Crippen molar-refractivity contribution < 1.29 is 28.3 Å². The lowest BCUT2D eigenvalue weighted by atomic mass is 9.45. The Hall–Kier alpha value is -2.34. The maximum atomic E-state index is 13.9. The Balaban J connectivity index is 1.35. The van der Waals surface area contributed by atoms with Gasteiger partial charge in [0.25, 0.3) is 0 Å². The van der Waals surface area contributed by atoms with Crippen molar-refractivity contribution in [2.75, 3.05) is 20.7 Å². The third-order valence-corrected chi connectivity index (χ3v) is 12.1. The van der Waals surface area contributed by atoms with Gasteiger partial charge >= 0.3 is 0 Å². The summed E-state index contributed by atoms with van der Waals surface area (Å²) < 4.78 is 26.1. The highest BCUT2D eigenvalue weighted by Gasteiger charge is 2.57. The van der Waals surface area contributed by atoms with Crippen LogP contribution >= 0.6 is 0 Å². The summed E-state index contributed by atoms with van der Waals surface area (Å²) in [4.78, 5) is 20.2. The number of aliphatic hydroxyl groups is 2. The first-order valence-corrected chi connectivity index (χ1v) is 16.3. The van der Waals surface area contributed by atoms with Crippen molar-refractivity contribution >= 4 is 15.9 Å². The zero-order valence-electron chi connectivity index (χ0n) is 25.4. The van der Waals surface area contributed by atoms with Crippen LogP contribution in [0.15, 0.2) is 53.4 Å². The van der Waals surface area contributed by atoms with Crippen LogP contribution < -0.4 is 5.32 Å². The minimum atomic E-state index is -3.52. The van der Waals surface area contributed by atoms with Crippen molar-refractivity contribution in [3.05, 3.63) is 54.1 Å². The second-order valence-electron chi connectivity index (χ2n) is 13.2. The predicted molar refractivity (Wildman–Crippen MR) is 160 cm³/mol. The summed E-state index contributed by atoms with van der Waals surface area (Å²) >= 11 is 0. The first-order valence-electron chi connectivity index (χ1n) is 14.9.